The fourth-order valence-electron chi connectivity index (χ4n) is 4.30. The van der Waals surface area contributed by atoms with Crippen LogP contribution in [0.15, 0.2) is 42.7 Å². The molecule has 0 aliphatic heterocycles. The summed E-state index contributed by atoms with van der Waals surface area (Å²) in [5.74, 6) is -1.13. The van der Waals surface area contributed by atoms with Crippen molar-refractivity contribution in [3.8, 4) is 5.88 Å². The molecule has 2 aromatic heterocycles. The Kier molecular flexibility index (Phi) is 7.18. The number of hydrogen-bond donors (Lipinski definition) is 0. The Morgan fingerprint density at radius 1 is 0.919 bits per heavy atom. The fraction of sp³-hybridized carbons (Fsp3) is 0.407. The SMILES string of the molecule is COc1ncnc2c3c(F)cc(F)cc3n(Cc3ccc(CP(=O)(OC(C)(C)C)OC(C)(C)C)cc3)c12. The van der Waals surface area contributed by atoms with Gasteiger partial charge in [0.05, 0.1) is 35.4 Å². The first-order valence-electron chi connectivity index (χ1n) is 11.9. The van der Waals surface area contributed by atoms with Crippen LogP contribution in [-0.2, 0) is 26.3 Å². The van der Waals surface area contributed by atoms with E-state index in [0.717, 1.165) is 17.2 Å². The van der Waals surface area contributed by atoms with Gasteiger partial charge in [0.15, 0.2) is 0 Å². The second kappa shape index (κ2) is 9.78. The minimum atomic E-state index is -3.46. The highest BCUT2D eigenvalue weighted by atomic mass is 31.2. The third kappa shape index (κ3) is 6.17. The van der Waals surface area contributed by atoms with E-state index in [0.29, 0.717) is 16.6 Å². The summed E-state index contributed by atoms with van der Waals surface area (Å²) >= 11 is 0. The predicted molar refractivity (Wildman–Crippen MR) is 140 cm³/mol. The smallest absolute Gasteiger partial charge is 0.336 e. The minimum absolute atomic E-state index is 0.106. The van der Waals surface area contributed by atoms with Crippen molar-refractivity contribution in [2.75, 3.05) is 7.11 Å². The van der Waals surface area contributed by atoms with E-state index in [1.165, 1.54) is 19.5 Å². The van der Waals surface area contributed by atoms with Gasteiger partial charge in [0.25, 0.3) is 0 Å². The zero-order valence-electron chi connectivity index (χ0n) is 22.1. The number of benzene rings is 2. The van der Waals surface area contributed by atoms with E-state index in [4.69, 9.17) is 13.8 Å². The monoisotopic (exact) mass is 531 g/mol. The number of methoxy groups -OCH3 is 1. The fourth-order valence-corrected chi connectivity index (χ4v) is 6.80. The van der Waals surface area contributed by atoms with Gasteiger partial charge in [-0.25, -0.2) is 13.8 Å². The Balaban J connectivity index is 1.71. The van der Waals surface area contributed by atoms with E-state index in [1.807, 2.05) is 65.8 Å². The summed E-state index contributed by atoms with van der Waals surface area (Å²) in [7, 11) is -2.00. The average Bonchev–Trinajstić information content (AvgIpc) is 3.05. The maximum absolute atomic E-state index is 14.8. The van der Waals surface area contributed by atoms with E-state index >= 15 is 0 Å². The molecule has 0 fully saturated rings. The maximum atomic E-state index is 14.8. The molecule has 4 aromatic rings. The van der Waals surface area contributed by atoms with Crippen molar-refractivity contribution in [2.24, 2.45) is 0 Å². The van der Waals surface area contributed by atoms with Crippen LogP contribution in [0.3, 0.4) is 0 Å². The van der Waals surface area contributed by atoms with Crippen molar-refractivity contribution in [1.29, 1.82) is 0 Å². The zero-order chi connectivity index (χ0) is 27.2. The lowest BCUT2D eigenvalue weighted by Crippen LogP contribution is -2.24. The summed E-state index contributed by atoms with van der Waals surface area (Å²) < 4.78 is 61.6. The first-order valence-corrected chi connectivity index (χ1v) is 13.7. The third-order valence-electron chi connectivity index (χ3n) is 5.38. The van der Waals surface area contributed by atoms with Gasteiger partial charge >= 0.3 is 7.60 Å². The summed E-state index contributed by atoms with van der Waals surface area (Å²) in [5, 5.41) is 0.202. The number of aromatic nitrogens is 3. The van der Waals surface area contributed by atoms with E-state index in [1.54, 1.807) is 4.57 Å². The van der Waals surface area contributed by atoms with Gasteiger partial charge in [-0.3, -0.25) is 4.57 Å². The molecule has 198 valence electrons. The molecule has 0 atom stereocenters. The summed E-state index contributed by atoms with van der Waals surface area (Å²) in [5.41, 5.74) is 1.48. The molecule has 37 heavy (non-hydrogen) atoms. The van der Waals surface area contributed by atoms with E-state index in [2.05, 4.69) is 9.97 Å². The van der Waals surface area contributed by atoms with Gasteiger partial charge in [0.1, 0.15) is 29.0 Å². The zero-order valence-corrected chi connectivity index (χ0v) is 23.0. The Morgan fingerprint density at radius 2 is 1.51 bits per heavy atom. The highest BCUT2D eigenvalue weighted by Gasteiger charge is 2.35. The lowest BCUT2D eigenvalue weighted by Gasteiger charge is -2.32. The van der Waals surface area contributed by atoms with Crippen LogP contribution in [-0.4, -0.2) is 32.8 Å². The topological polar surface area (TPSA) is 75.5 Å². The molecule has 0 radical (unpaired) electrons. The second-order valence-electron chi connectivity index (χ2n) is 10.9. The number of halogens is 2. The van der Waals surface area contributed by atoms with Crippen LogP contribution in [0, 0.1) is 11.6 Å². The third-order valence-corrected chi connectivity index (χ3v) is 7.78. The Morgan fingerprint density at radius 3 is 2.08 bits per heavy atom. The van der Waals surface area contributed by atoms with E-state index < -0.39 is 30.4 Å². The van der Waals surface area contributed by atoms with Crippen LogP contribution in [0.25, 0.3) is 21.9 Å². The summed E-state index contributed by atoms with van der Waals surface area (Å²) in [6, 6.07) is 9.56. The molecule has 0 saturated carbocycles. The first kappa shape index (κ1) is 27.2. The van der Waals surface area contributed by atoms with Crippen molar-refractivity contribution in [2.45, 2.75) is 65.5 Å². The molecule has 0 spiro atoms. The van der Waals surface area contributed by atoms with Crippen LogP contribution in [0.4, 0.5) is 8.78 Å². The standard InChI is InChI=1S/C27H32F2N3O4P/c1-26(2,3)35-37(33,36-27(4,5)6)15-18-10-8-17(9-11-18)14-32-21-13-19(28)12-20(29)22(21)23-24(32)25(34-7)31-16-30-23/h8-13,16H,14-15H2,1-7H3. The van der Waals surface area contributed by atoms with E-state index in [-0.39, 0.29) is 24.0 Å². The molecule has 0 saturated heterocycles. The Hall–Kier alpha value is -2.87. The van der Waals surface area contributed by atoms with Gasteiger partial charge in [0, 0.05) is 12.6 Å². The quantitative estimate of drug-likeness (QED) is 0.234. The molecule has 4 rings (SSSR count). The summed E-state index contributed by atoms with van der Waals surface area (Å²) in [6.07, 6.45) is 1.40. The second-order valence-corrected chi connectivity index (χ2v) is 12.8. The molecular formula is C27H32F2N3O4P. The van der Waals surface area contributed by atoms with Crippen molar-refractivity contribution in [3.63, 3.8) is 0 Å². The normalized spacial score (nSPS) is 13.0. The molecule has 0 unspecified atom stereocenters. The minimum Gasteiger partial charge on any atom is -0.479 e. The van der Waals surface area contributed by atoms with Crippen molar-refractivity contribution in [1.82, 2.24) is 14.5 Å². The van der Waals surface area contributed by atoms with Gasteiger partial charge in [-0.05, 0) is 58.7 Å². The number of ether oxygens (including phenoxy) is 1. The molecule has 0 amide bonds. The van der Waals surface area contributed by atoms with Gasteiger partial charge < -0.3 is 18.4 Å². The van der Waals surface area contributed by atoms with Crippen LogP contribution >= 0.6 is 7.60 Å². The largest absolute Gasteiger partial charge is 0.479 e. The Bertz CT molecular complexity index is 1470. The number of rotatable bonds is 7. The predicted octanol–water partition coefficient (Wildman–Crippen LogP) is 7.24. The average molecular weight is 532 g/mol. The lowest BCUT2D eigenvalue weighted by atomic mass is 10.1. The summed E-state index contributed by atoms with van der Waals surface area (Å²) in [4.78, 5) is 8.41. The molecule has 10 heteroatoms. The van der Waals surface area contributed by atoms with Gasteiger partial charge in [-0.1, -0.05) is 24.3 Å². The number of fused-ring (bicyclic) bond motifs is 3. The molecule has 0 N–H and O–H groups in total. The summed E-state index contributed by atoms with van der Waals surface area (Å²) in [6.45, 7) is 11.3. The molecule has 2 heterocycles. The van der Waals surface area contributed by atoms with Gasteiger partial charge in [-0.15, -0.1) is 0 Å². The van der Waals surface area contributed by atoms with Crippen molar-refractivity contribution < 1.29 is 27.1 Å². The van der Waals surface area contributed by atoms with Crippen LogP contribution in [0.5, 0.6) is 5.88 Å². The molecule has 7 nitrogen and oxygen atoms in total. The first-order chi connectivity index (χ1) is 17.2. The molecule has 0 bridgehead atoms. The molecule has 0 aliphatic carbocycles. The maximum Gasteiger partial charge on any atom is 0.336 e. The molecule has 2 aromatic carbocycles. The molecule has 0 aliphatic rings. The number of hydrogen-bond acceptors (Lipinski definition) is 6. The molecular weight excluding hydrogens is 499 g/mol. The van der Waals surface area contributed by atoms with Crippen LogP contribution in [0.2, 0.25) is 0 Å². The highest BCUT2D eigenvalue weighted by molar-refractivity contribution is 7.53. The van der Waals surface area contributed by atoms with Gasteiger partial charge in [-0.2, -0.15) is 4.98 Å². The van der Waals surface area contributed by atoms with Crippen LogP contribution < -0.4 is 4.74 Å². The van der Waals surface area contributed by atoms with E-state index in [9.17, 15) is 13.3 Å². The van der Waals surface area contributed by atoms with Crippen molar-refractivity contribution in [3.05, 3.63) is 65.5 Å². The Labute approximate surface area is 215 Å². The van der Waals surface area contributed by atoms with Crippen LogP contribution in [0.1, 0.15) is 52.7 Å². The van der Waals surface area contributed by atoms with Gasteiger partial charge in [0.2, 0.25) is 5.88 Å². The number of nitrogens with zero attached hydrogens (tertiary/aromatic N) is 3. The van der Waals surface area contributed by atoms with Crippen molar-refractivity contribution >= 4 is 29.5 Å². The highest BCUT2D eigenvalue weighted by Crippen LogP contribution is 2.56. The lowest BCUT2D eigenvalue weighted by molar-refractivity contribution is 0.0485.